The van der Waals surface area contributed by atoms with Crippen molar-refractivity contribution in [3.63, 3.8) is 0 Å². The first-order chi connectivity index (χ1) is 8.77. The molecular weight excluding hydrogens is 230 g/mol. The molecule has 98 valence electrons. The van der Waals surface area contributed by atoms with Gasteiger partial charge in [-0.15, -0.1) is 0 Å². The fourth-order valence-electron chi connectivity index (χ4n) is 2.60. The number of ether oxygens (including phenoxy) is 1. The van der Waals surface area contributed by atoms with Crippen LogP contribution in [0.5, 0.6) is 0 Å². The zero-order chi connectivity index (χ0) is 13.0. The average Bonchev–Trinajstić information content (AvgIpc) is 2.93. The Morgan fingerprint density at radius 3 is 2.83 bits per heavy atom. The van der Waals surface area contributed by atoms with Crippen LogP contribution >= 0.6 is 0 Å². The topological polar surface area (TPSA) is 55.3 Å². The van der Waals surface area contributed by atoms with Crippen LogP contribution in [-0.2, 0) is 4.74 Å². The van der Waals surface area contributed by atoms with Crippen molar-refractivity contribution in [3.8, 4) is 0 Å². The fourth-order valence-corrected chi connectivity index (χ4v) is 2.60. The Morgan fingerprint density at radius 1 is 1.50 bits per heavy atom. The normalized spacial score (nSPS) is 15.7. The summed E-state index contributed by atoms with van der Waals surface area (Å²) < 4.78 is 4.79. The van der Waals surface area contributed by atoms with Crippen molar-refractivity contribution >= 4 is 11.8 Å². The number of hydrogen-bond acceptors (Lipinski definition) is 5. The van der Waals surface area contributed by atoms with Crippen molar-refractivity contribution in [2.45, 2.75) is 38.6 Å². The van der Waals surface area contributed by atoms with Gasteiger partial charge in [-0.05, 0) is 19.8 Å². The summed E-state index contributed by atoms with van der Waals surface area (Å²) >= 11 is 0. The van der Waals surface area contributed by atoms with Gasteiger partial charge in [0.1, 0.15) is 17.7 Å². The average molecular weight is 249 g/mol. The number of methoxy groups -OCH3 is 1. The molecule has 5 heteroatoms. The Kier molecular flexibility index (Phi) is 4.12. The summed E-state index contributed by atoms with van der Waals surface area (Å²) in [5, 5.41) is 0. The van der Waals surface area contributed by atoms with Crippen LogP contribution in [0.3, 0.4) is 0 Å². The molecule has 0 atom stereocenters. The van der Waals surface area contributed by atoms with Crippen LogP contribution in [0.1, 0.15) is 43.0 Å². The summed E-state index contributed by atoms with van der Waals surface area (Å²) in [6.45, 7) is 2.92. The van der Waals surface area contributed by atoms with Gasteiger partial charge in [0.05, 0.1) is 7.11 Å². The molecule has 1 aromatic heterocycles. The first kappa shape index (κ1) is 12.8. The van der Waals surface area contributed by atoms with Crippen molar-refractivity contribution in [1.82, 2.24) is 9.97 Å². The molecule has 0 amide bonds. The molecule has 1 fully saturated rings. The van der Waals surface area contributed by atoms with Gasteiger partial charge < -0.3 is 9.64 Å². The molecule has 0 N–H and O–H groups in total. The molecule has 18 heavy (non-hydrogen) atoms. The number of carbonyl (C=O) groups is 1. The Morgan fingerprint density at radius 2 is 2.22 bits per heavy atom. The van der Waals surface area contributed by atoms with Crippen molar-refractivity contribution in [2.75, 3.05) is 18.6 Å². The summed E-state index contributed by atoms with van der Waals surface area (Å²) in [6, 6.07) is 0.480. The van der Waals surface area contributed by atoms with Gasteiger partial charge >= 0.3 is 5.97 Å². The summed E-state index contributed by atoms with van der Waals surface area (Å²) in [4.78, 5) is 22.1. The third-order valence-corrected chi connectivity index (χ3v) is 3.47. The van der Waals surface area contributed by atoms with Crippen LogP contribution in [-0.4, -0.2) is 35.6 Å². The van der Waals surface area contributed by atoms with E-state index < -0.39 is 0 Å². The number of hydrogen-bond donors (Lipinski definition) is 0. The zero-order valence-electron chi connectivity index (χ0n) is 10.9. The predicted octanol–water partition coefficient (Wildman–Crippen LogP) is 2.03. The Balaban J connectivity index is 2.32. The van der Waals surface area contributed by atoms with E-state index in [9.17, 15) is 4.79 Å². The lowest BCUT2D eigenvalue weighted by Crippen LogP contribution is -2.35. The minimum Gasteiger partial charge on any atom is -0.465 e. The van der Waals surface area contributed by atoms with Gasteiger partial charge in [0.2, 0.25) is 0 Å². The van der Waals surface area contributed by atoms with E-state index in [0.29, 0.717) is 17.4 Å². The van der Waals surface area contributed by atoms with Crippen molar-refractivity contribution in [3.05, 3.63) is 18.1 Å². The van der Waals surface area contributed by atoms with Gasteiger partial charge in [-0.3, -0.25) is 0 Å². The number of nitrogens with zero attached hydrogens (tertiary/aromatic N) is 3. The second-order valence-corrected chi connectivity index (χ2v) is 4.48. The van der Waals surface area contributed by atoms with Gasteiger partial charge in [-0.2, -0.15) is 0 Å². The van der Waals surface area contributed by atoms with Crippen LogP contribution in [0.2, 0.25) is 0 Å². The van der Waals surface area contributed by atoms with Crippen LogP contribution < -0.4 is 4.90 Å². The van der Waals surface area contributed by atoms with E-state index in [-0.39, 0.29) is 5.97 Å². The Labute approximate surface area is 107 Å². The lowest BCUT2D eigenvalue weighted by molar-refractivity contribution is 0.0600. The molecule has 1 saturated carbocycles. The van der Waals surface area contributed by atoms with E-state index in [4.69, 9.17) is 4.74 Å². The van der Waals surface area contributed by atoms with E-state index in [1.54, 1.807) is 0 Å². The third kappa shape index (κ3) is 2.44. The summed E-state index contributed by atoms with van der Waals surface area (Å²) in [6.07, 6.45) is 7.85. The smallest absolute Gasteiger partial charge is 0.343 e. The van der Waals surface area contributed by atoms with Gasteiger partial charge in [-0.1, -0.05) is 12.8 Å². The maximum Gasteiger partial charge on any atom is 0.343 e. The molecule has 0 aliphatic heterocycles. The number of carbonyl (C=O) groups excluding carboxylic acids is 1. The van der Waals surface area contributed by atoms with Crippen LogP contribution in [0.15, 0.2) is 12.5 Å². The largest absolute Gasteiger partial charge is 0.465 e. The quantitative estimate of drug-likeness (QED) is 0.764. The van der Waals surface area contributed by atoms with Gasteiger partial charge in [0.15, 0.2) is 0 Å². The molecule has 0 bridgehead atoms. The van der Waals surface area contributed by atoms with Crippen LogP contribution in [0.25, 0.3) is 0 Å². The van der Waals surface area contributed by atoms with Crippen molar-refractivity contribution in [1.29, 1.82) is 0 Å². The summed E-state index contributed by atoms with van der Waals surface area (Å²) in [5.41, 5.74) is 0.453. The number of anilines is 1. The summed E-state index contributed by atoms with van der Waals surface area (Å²) in [7, 11) is 1.38. The molecule has 2 rings (SSSR count). The Bertz CT molecular complexity index is 416. The van der Waals surface area contributed by atoms with Crippen molar-refractivity contribution in [2.24, 2.45) is 0 Å². The lowest BCUT2D eigenvalue weighted by Gasteiger charge is -2.29. The molecule has 0 saturated heterocycles. The maximum absolute atomic E-state index is 11.7. The standard InChI is InChI=1S/C13H19N3O2/c1-3-16(10-6-4-5-7-10)12-11(13(17)18-2)8-14-9-15-12/h8-10H,3-7H2,1-2H3. The predicted molar refractivity (Wildman–Crippen MR) is 68.6 cm³/mol. The highest BCUT2D eigenvalue weighted by molar-refractivity contribution is 5.94. The van der Waals surface area contributed by atoms with E-state index in [1.807, 2.05) is 0 Å². The highest BCUT2D eigenvalue weighted by Gasteiger charge is 2.26. The molecule has 0 unspecified atom stereocenters. The minimum absolute atomic E-state index is 0.373. The van der Waals surface area contributed by atoms with Crippen molar-refractivity contribution < 1.29 is 9.53 Å². The highest BCUT2D eigenvalue weighted by Crippen LogP contribution is 2.28. The monoisotopic (exact) mass is 249 g/mol. The maximum atomic E-state index is 11.7. The molecule has 1 heterocycles. The van der Waals surface area contributed by atoms with E-state index in [1.165, 1.54) is 45.3 Å². The molecule has 0 radical (unpaired) electrons. The first-order valence-electron chi connectivity index (χ1n) is 6.43. The Hall–Kier alpha value is -1.65. The fraction of sp³-hybridized carbons (Fsp3) is 0.615. The lowest BCUT2D eigenvalue weighted by atomic mass is 10.2. The molecule has 0 spiro atoms. The molecular formula is C13H19N3O2. The highest BCUT2D eigenvalue weighted by atomic mass is 16.5. The van der Waals surface area contributed by atoms with E-state index >= 15 is 0 Å². The minimum atomic E-state index is -0.373. The number of aromatic nitrogens is 2. The van der Waals surface area contributed by atoms with Gasteiger partial charge in [0, 0.05) is 18.8 Å². The zero-order valence-corrected chi connectivity index (χ0v) is 10.9. The van der Waals surface area contributed by atoms with Gasteiger partial charge in [-0.25, -0.2) is 14.8 Å². The molecule has 5 nitrogen and oxygen atoms in total. The first-order valence-corrected chi connectivity index (χ1v) is 6.43. The molecule has 1 aliphatic carbocycles. The van der Waals surface area contributed by atoms with E-state index in [0.717, 1.165) is 6.54 Å². The summed E-state index contributed by atoms with van der Waals surface area (Å²) in [5.74, 6) is 0.327. The molecule has 1 aliphatic rings. The molecule has 1 aromatic rings. The van der Waals surface area contributed by atoms with E-state index in [2.05, 4.69) is 21.8 Å². The number of esters is 1. The third-order valence-electron chi connectivity index (χ3n) is 3.47. The second kappa shape index (κ2) is 5.80. The SMILES string of the molecule is CCN(c1ncncc1C(=O)OC)C1CCCC1. The number of rotatable bonds is 4. The van der Waals surface area contributed by atoms with Crippen LogP contribution in [0.4, 0.5) is 5.82 Å². The van der Waals surface area contributed by atoms with Gasteiger partial charge in [0.25, 0.3) is 0 Å². The second-order valence-electron chi connectivity index (χ2n) is 4.48. The molecule has 0 aromatic carbocycles. The van der Waals surface area contributed by atoms with Crippen LogP contribution in [0, 0.1) is 0 Å².